The van der Waals surface area contributed by atoms with Crippen molar-refractivity contribution in [2.45, 2.75) is 36.0 Å². The molecule has 204 valence electrons. The van der Waals surface area contributed by atoms with Crippen LogP contribution in [0.3, 0.4) is 0 Å². The number of benzene rings is 1. The van der Waals surface area contributed by atoms with Crippen molar-refractivity contribution < 1.29 is 23.2 Å². The van der Waals surface area contributed by atoms with Crippen LogP contribution in [0.1, 0.15) is 25.3 Å². The SMILES string of the molecule is C[C@H](CO)O/N=C(/C(=O)Nc1nc2ccc(N(C)CCN(C)C)nc2s1)c1ccc(S(=O)(=O)C2CC2)cc1. The molecule has 1 amide bonds. The Bertz CT molecular complexity index is 1420. The largest absolute Gasteiger partial charge is 0.392 e. The zero-order valence-corrected chi connectivity index (χ0v) is 23.4. The van der Waals surface area contributed by atoms with Crippen LogP contribution in [0.2, 0.25) is 0 Å². The minimum atomic E-state index is -3.37. The number of hydrogen-bond acceptors (Lipinski definition) is 11. The Kier molecular flexibility index (Phi) is 8.61. The van der Waals surface area contributed by atoms with Gasteiger partial charge in [-0.15, -0.1) is 0 Å². The second kappa shape index (κ2) is 11.7. The minimum Gasteiger partial charge on any atom is -0.392 e. The number of thiazole rings is 1. The Morgan fingerprint density at radius 3 is 2.50 bits per heavy atom. The number of aliphatic hydroxyl groups excluding tert-OH is 1. The highest BCUT2D eigenvalue weighted by molar-refractivity contribution is 7.92. The van der Waals surface area contributed by atoms with Gasteiger partial charge in [-0.2, -0.15) is 0 Å². The van der Waals surface area contributed by atoms with E-state index in [2.05, 4.69) is 30.2 Å². The number of hydrogen-bond donors (Lipinski definition) is 2. The number of nitrogens with one attached hydrogen (secondary N) is 1. The number of aromatic nitrogens is 2. The van der Waals surface area contributed by atoms with Gasteiger partial charge in [-0.1, -0.05) is 28.6 Å². The summed E-state index contributed by atoms with van der Waals surface area (Å²) in [4.78, 5) is 32.7. The summed E-state index contributed by atoms with van der Waals surface area (Å²) >= 11 is 1.23. The van der Waals surface area contributed by atoms with Crippen molar-refractivity contribution in [3.63, 3.8) is 0 Å². The number of fused-ring (bicyclic) bond motifs is 1. The summed E-state index contributed by atoms with van der Waals surface area (Å²) in [6.07, 6.45) is 0.690. The van der Waals surface area contributed by atoms with Crippen molar-refractivity contribution in [3.8, 4) is 0 Å². The number of carbonyl (C=O) groups excluding carboxylic acids is 1. The first-order valence-electron chi connectivity index (χ1n) is 12.2. The predicted molar refractivity (Wildman–Crippen MR) is 149 cm³/mol. The third-order valence-electron chi connectivity index (χ3n) is 5.95. The van der Waals surface area contributed by atoms with Crippen LogP contribution >= 0.6 is 11.3 Å². The van der Waals surface area contributed by atoms with E-state index in [0.29, 0.717) is 33.9 Å². The molecule has 0 bridgehead atoms. The lowest BCUT2D eigenvalue weighted by Gasteiger charge is -2.20. The van der Waals surface area contributed by atoms with E-state index in [9.17, 15) is 18.3 Å². The van der Waals surface area contributed by atoms with Crippen molar-refractivity contribution in [1.29, 1.82) is 0 Å². The molecule has 2 N–H and O–H groups in total. The van der Waals surface area contributed by atoms with Crippen molar-refractivity contribution in [2.75, 3.05) is 51.1 Å². The highest BCUT2D eigenvalue weighted by Crippen LogP contribution is 2.33. The molecule has 2 heterocycles. The smallest absolute Gasteiger partial charge is 0.280 e. The van der Waals surface area contributed by atoms with Crippen molar-refractivity contribution in [3.05, 3.63) is 42.0 Å². The fourth-order valence-electron chi connectivity index (χ4n) is 3.47. The average molecular weight is 561 g/mol. The van der Waals surface area contributed by atoms with Crippen LogP contribution in [-0.2, 0) is 19.5 Å². The standard InChI is InChI=1S/C25H32N6O5S2/c1-16(15-32)36-29-22(17-5-7-18(8-6-17)38(34,35)19-9-10-19)23(33)28-25-26-20-11-12-21(27-24(20)37-25)31(4)14-13-30(2)3/h5-8,11-12,16,19,32H,9-10,13-15H2,1-4H3,(H,26,28,33)/b29-22+/t16-/m1/s1. The monoisotopic (exact) mass is 560 g/mol. The molecule has 0 aliphatic heterocycles. The van der Waals surface area contributed by atoms with E-state index >= 15 is 0 Å². The number of anilines is 2. The fourth-order valence-corrected chi connectivity index (χ4v) is 5.95. The van der Waals surface area contributed by atoms with Gasteiger partial charge >= 0.3 is 0 Å². The molecule has 4 rings (SSSR count). The summed E-state index contributed by atoms with van der Waals surface area (Å²) in [7, 11) is 2.63. The average Bonchev–Trinajstić information content (AvgIpc) is 3.68. The second-order valence-electron chi connectivity index (χ2n) is 9.50. The van der Waals surface area contributed by atoms with Crippen LogP contribution in [0.4, 0.5) is 10.9 Å². The number of likely N-dealkylation sites (N-methyl/N-ethyl adjacent to an activating group) is 2. The van der Waals surface area contributed by atoms with Crippen LogP contribution in [0, 0.1) is 0 Å². The summed E-state index contributed by atoms with van der Waals surface area (Å²) in [6.45, 7) is 3.01. The number of oxime groups is 1. The van der Waals surface area contributed by atoms with Crippen molar-refractivity contribution in [2.24, 2.45) is 5.16 Å². The van der Waals surface area contributed by atoms with E-state index in [1.54, 1.807) is 6.92 Å². The maximum Gasteiger partial charge on any atom is 0.280 e. The maximum atomic E-state index is 13.2. The Labute approximate surface area is 226 Å². The molecular formula is C25H32N6O5S2. The number of amides is 1. The van der Waals surface area contributed by atoms with Crippen LogP contribution in [0.5, 0.6) is 0 Å². The van der Waals surface area contributed by atoms with Gasteiger partial charge in [0.15, 0.2) is 20.7 Å². The molecule has 11 nitrogen and oxygen atoms in total. The lowest BCUT2D eigenvalue weighted by Crippen LogP contribution is -2.28. The number of nitrogens with zero attached hydrogens (tertiary/aromatic N) is 5. The molecule has 1 atom stereocenters. The van der Waals surface area contributed by atoms with Gasteiger partial charge in [0.2, 0.25) is 0 Å². The Morgan fingerprint density at radius 2 is 1.87 bits per heavy atom. The molecule has 1 saturated carbocycles. The van der Waals surface area contributed by atoms with Crippen molar-refractivity contribution in [1.82, 2.24) is 14.9 Å². The van der Waals surface area contributed by atoms with E-state index in [1.165, 1.54) is 35.6 Å². The molecule has 1 aliphatic carbocycles. The summed E-state index contributed by atoms with van der Waals surface area (Å²) in [6, 6.07) is 9.73. The van der Waals surface area contributed by atoms with E-state index in [1.807, 2.05) is 33.3 Å². The first-order valence-corrected chi connectivity index (χ1v) is 14.6. The van der Waals surface area contributed by atoms with Crippen LogP contribution in [0.15, 0.2) is 46.4 Å². The van der Waals surface area contributed by atoms with Crippen molar-refractivity contribution >= 4 is 54.1 Å². The van der Waals surface area contributed by atoms with Gasteiger partial charge in [-0.25, -0.2) is 18.4 Å². The predicted octanol–water partition coefficient (Wildman–Crippen LogP) is 2.37. The molecular weight excluding hydrogens is 528 g/mol. The summed E-state index contributed by atoms with van der Waals surface area (Å²) in [5.74, 6) is 0.214. The molecule has 1 aliphatic rings. The van der Waals surface area contributed by atoms with Gasteiger partial charge in [-0.3, -0.25) is 10.1 Å². The zero-order valence-electron chi connectivity index (χ0n) is 21.8. The van der Waals surface area contributed by atoms with Gasteiger partial charge in [-0.05, 0) is 58.1 Å². The molecule has 13 heteroatoms. The second-order valence-corrected chi connectivity index (χ2v) is 12.7. The van der Waals surface area contributed by atoms with E-state index in [0.717, 1.165) is 18.9 Å². The molecule has 0 radical (unpaired) electrons. The highest BCUT2D eigenvalue weighted by atomic mass is 32.2. The molecule has 38 heavy (non-hydrogen) atoms. The van der Waals surface area contributed by atoms with Gasteiger partial charge in [0.1, 0.15) is 22.3 Å². The van der Waals surface area contributed by atoms with Gasteiger partial charge in [0.05, 0.1) is 16.8 Å². The molecule has 0 unspecified atom stereocenters. The highest BCUT2D eigenvalue weighted by Gasteiger charge is 2.36. The van der Waals surface area contributed by atoms with Crippen LogP contribution in [-0.4, -0.2) is 92.2 Å². The van der Waals surface area contributed by atoms with Crippen LogP contribution < -0.4 is 10.2 Å². The minimum absolute atomic E-state index is 0.0722. The molecule has 2 aromatic heterocycles. The molecule has 3 aromatic rings. The number of sulfone groups is 1. The first-order chi connectivity index (χ1) is 18.1. The Balaban J connectivity index is 1.55. The van der Waals surface area contributed by atoms with E-state index in [4.69, 9.17) is 4.84 Å². The maximum absolute atomic E-state index is 13.2. The summed E-state index contributed by atoms with van der Waals surface area (Å²) in [5.41, 5.74) is 0.941. The lowest BCUT2D eigenvalue weighted by atomic mass is 10.1. The lowest BCUT2D eigenvalue weighted by molar-refractivity contribution is -0.110. The fraction of sp³-hybridized carbons (Fsp3) is 0.440. The number of pyridine rings is 1. The third kappa shape index (κ3) is 6.65. The summed E-state index contributed by atoms with van der Waals surface area (Å²) in [5, 5.41) is 16.0. The quantitative estimate of drug-likeness (QED) is 0.253. The molecule has 0 spiro atoms. The van der Waals surface area contributed by atoms with E-state index < -0.39 is 21.8 Å². The van der Waals surface area contributed by atoms with Crippen LogP contribution in [0.25, 0.3) is 10.3 Å². The summed E-state index contributed by atoms with van der Waals surface area (Å²) < 4.78 is 25.1. The van der Waals surface area contributed by atoms with E-state index in [-0.39, 0.29) is 22.5 Å². The Hall–Kier alpha value is -3.13. The number of carbonyl (C=O) groups is 1. The zero-order chi connectivity index (χ0) is 27.4. The topological polar surface area (TPSA) is 137 Å². The normalized spacial score (nSPS) is 15.1. The third-order valence-corrected chi connectivity index (χ3v) is 9.11. The molecule has 1 aromatic carbocycles. The first kappa shape index (κ1) is 27.9. The number of rotatable bonds is 12. The van der Waals surface area contributed by atoms with Gasteiger partial charge < -0.3 is 19.7 Å². The van der Waals surface area contributed by atoms with Gasteiger partial charge in [0.25, 0.3) is 5.91 Å². The molecule has 1 fully saturated rings. The van der Waals surface area contributed by atoms with Gasteiger partial charge in [0, 0.05) is 25.7 Å². The number of aliphatic hydroxyl groups is 1. The Morgan fingerprint density at radius 1 is 1.16 bits per heavy atom. The molecule has 0 saturated heterocycles.